The first-order valence-electron chi connectivity index (χ1n) is 8.78. The van der Waals surface area contributed by atoms with Gasteiger partial charge in [-0.25, -0.2) is 4.79 Å². The number of nitrogens with zero attached hydrogens (tertiary/aromatic N) is 1. The van der Waals surface area contributed by atoms with Gasteiger partial charge in [0.2, 0.25) is 23.6 Å². The van der Waals surface area contributed by atoms with Gasteiger partial charge in [-0.05, 0) is 12.8 Å². The molecule has 0 aromatic carbocycles. The summed E-state index contributed by atoms with van der Waals surface area (Å²) in [5.41, 5.74) is 20.9. The molecule has 0 saturated carbocycles. The second kappa shape index (κ2) is 14.0. The van der Waals surface area contributed by atoms with E-state index < -0.39 is 60.7 Å². The number of carbonyl (C=O) groups excluding carboxylic acids is 4. The molecule has 15 heteroatoms. The molecule has 0 aliphatic carbocycles. The van der Waals surface area contributed by atoms with Gasteiger partial charge in [0.05, 0.1) is 19.0 Å². The fraction of sp³-hybridized carbons (Fsp3) is 0.600. The first-order valence-corrected chi connectivity index (χ1v) is 9.41. The summed E-state index contributed by atoms with van der Waals surface area (Å²) in [6.07, 6.45) is -0.186. The molecule has 0 aromatic heterocycles. The van der Waals surface area contributed by atoms with Crippen LogP contribution in [0.5, 0.6) is 0 Å². The molecule has 0 bridgehead atoms. The third-order valence-corrected chi connectivity index (χ3v) is 3.97. The number of primary amides is 1. The number of aliphatic imine (C=N–C) groups is 1. The Morgan fingerprint density at radius 3 is 2.13 bits per heavy atom. The average molecular weight is 449 g/mol. The molecule has 0 aromatic rings. The van der Waals surface area contributed by atoms with Crippen molar-refractivity contribution in [1.82, 2.24) is 16.0 Å². The summed E-state index contributed by atoms with van der Waals surface area (Å²) < 4.78 is 0. The lowest BCUT2D eigenvalue weighted by Gasteiger charge is -2.19. The number of nitrogens with one attached hydrogen (secondary N) is 3. The average Bonchev–Trinajstić information content (AvgIpc) is 2.66. The maximum absolute atomic E-state index is 12.2. The molecular weight excluding hydrogens is 420 g/mol. The predicted octanol–water partition coefficient (Wildman–Crippen LogP) is -4.66. The summed E-state index contributed by atoms with van der Waals surface area (Å²) in [5, 5.41) is 15.8. The van der Waals surface area contributed by atoms with Crippen LogP contribution in [0.4, 0.5) is 0 Å². The van der Waals surface area contributed by atoms with Crippen molar-refractivity contribution >= 4 is 48.2 Å². The number of aliphatic carboxylic acids is 1. The van der Waals surface area contributed by atoms with Crippen LogP contribution in [-0.2, 0) is 24.0 Å². The standard InChI is InChI=1S/C15H28N8O6S/c16-7(6-30)12(26)23-9(4-10(17)24)13(27)21-5-11(25)22-8(14(28)29)2-1-3-20-15(18)19/h7-9,30H,1-6,16H2,(H2,17,24)(H,21,27)(H,22,25)(H,23,26)(H,28,29)(H4,18,19,20). The Kier molecular flexibility index (Phi) is 12.6. The summed E-state index contributed by atoms with van der Waals surface area (Å²) in [4.78, 5) is 62.0. The van der Waals surface area contributed by atoms with Gasteiger partial charge >= 0.3 is 5.97 Å². The molecule has 3 atom stereocenters. The van der Waals surface area contributed by atoms with E-state index in [4.69, 9.17) is 28.0 Å². The van der Waals surface area contributed by atoms with Crippen molar-refractivity contribution in [3.05, 3.63) is 0 Å². The topological polar surface area (TPSA) is 258 Å². The lowest BCUT2D eigenvalue weighted by molar-refractivity contribution is -0.142. The van der Waals surface area contributed by atoms with Crippen molar-refractivity contribution in [3.63, 3.8) is 0 Å². The van der Waals surface area contributed by atoms with Crippen LogP contribution in [0.25, 0.3) is 0 Å². The zero-order valence-corrected chi connectivity index (χ0v) is 17.1. The van der Waals surface area contributed by atoms with Gasteiger partial charge in [0.25, 0.3) is 0 Å². The highest BCUT2D eigenvalue weighted by Gasteiger charge is 2.26. The van der Waals surface area contributed by atoms with E-state index in [1.807, 2.05) is 0 Å². The highest BCUT2D eigenvalue weighted by atomic mass is 32.1. The molecule has 14 nitrogen and oxygen atoms in total. The maximum atomic E-state index is 12.2. The monoisotopic (exact) mass is 448 g/mol. The second-order valence-corrected chi connectivity index (χ2v) is 6.51. The van der Waals surface area contributed by atoms with E-state index in [0.29, 0.717) is 6.42 Å². The fourth-order valence-electron chi connectivity index (χ4n) is 2.07. The van der Waals surface area contributed by atoms with E-state index in [9.17, 15) is 24.0 Å². The first-order chi connectivity index (χ1) is 14.0. The van der Waals surface area contributed by atoms with E-state index in [0.717, 1.165) is 0 Å². The molecule has 4 amide bonds. The Morgan fingerprint density at radius 2 is 1.63 bits per heavy atom. The Hall–Kier alpha value is -3.07. The minimum atomic E-state index is -1.36. The Morgan fingerprint density at radius 1 is 1.00 bits per heavy atom. The zero-order valence-electron chi connectivity index (χ0n) is 16.2. The number of carboxylic acids is 1. The second-order valence-electron chi connectivity index (χ2n) is 6.15. The molecule has 0 aliphatic heterocycles. The molecule has 0 radical (unpaired) electrons. The molecule has 12 N–H and O–H groups in total. The Bertz CT molecular complexity index is 670. The lowest BCUT2D eigenvalue weighted by Crippen LogP contribution is -2.54. The van der Waals surface area contributed by atoms with E-state index >= 15 is 0 Å². The minimum absolute atomic E-state index is 0.00108. The van der Waals surface area contributed by atoms with Crippen LogP contribution >= 0.6 is 12.6 Å². The molecule has 170 valence electrons. The van der Waals surface area contributed by atoms with Gasteiger partial charge in [-0.3, -0.25) is 24.2 Å². The minimum Gasteiger partial charge on any atom is -0.480 e. The van der Waals surface area contributed by atoms with Crippen LogP contribution in [0.3, 0.4) is 0 Å². The number of guanidine groups is 1. The molecule has 30 heavy (non-hydrogen) atoms. The number of thiol groups is 1. The van der Waals surface area contributed by atoms with Gasteiger partial charge in [0.15, 0.2) is 5.96 Å². The van der Waals surface area contributed by atoms with Crippen LogP contribution < -0.4 is 38.9 Å². The number of carbonyl (C=O) groups is 5. The largest absolute Gasteiger partial charge is 0.480 e. The van der Waals surface area contributed by atoms with Gasteiger partial charge in [-0.1, -0.05) is 0 Å². The van der Waals surface area contributed by atoms with Crippen molar-refractivity contribution in [3.8, 4) is 0 Å². The highest BCUT2D eigenvalue weighted by molar-refractivity contribution is 7.80. The third-order valence-electron chi connectivity index (χ3n) is 3.57. The normalized spacial score (nSPS) is 13.3. The van der Waals surface area contributed by atoms with Crippen LogP contribution in [-0.4, -0.2) is 77.6 Å². The van der Waals surface area contributed by atoms with Crippen molar-refractivity contribution < 1.29 is 29.1 Å². The summed E-state index contributed by atoms with van der Waals surface area (Å²) in [6.45, 7) is -0.415. The Balaban J connectivity index is 4.74. The maximum Gasteiger partial charge on any atom is 0.326 e. The SMILES string of the molecule is NC(=O)CC(NC(=O)C(N)CS)C(=O)NCC(=O)NC(CCCN=C(N)N)C(=O)O. The molecule has 0 heterocycles. The molecule has 0 rings (SSSR count). The highest BCUT2D eigenvalue weighted by Crippen LogP contribution is 1.99. The molecule has 0 spiro atoms. The summed E-state index contributed by atoms with van der Waals surface area (Å²) in [6, 6.07) is -3.60. The number of hydrogen-bond acceptors (Lipinski definition) is 8. The van der Waals surface area contributed by atoms with Crippen LogP contribution in [0.1, 0.15) is 19.3 Å². The number of amides is 4. The predicted molar refractivity (Wildman–Crippen MR) is 110 cm³/mol. The molecular formula is C15H28N8O6S. The van der Waals surface area contributed by atoms with Gasteiger partial charge in [-0.15, -0.1) is 0 Å². The van der Waals surface area contributed by atoms with Crippen molar-refractivity contribution in [1.29, 1.82) is 0 Å². The van der Waals surface area contributed by atoms with Gasteiger partial charge in [-0.2, -0.15) is 12.6 Å². The summed E-state index contributed by atoms with van der Waals surface area (Å²) >= 11 is 3.86. The van der Waals surface area contributed by atoms with Gasteiger partial charge in [0, 0.05) is 12.3 Å². The molecule has 0 aliphatic rings. The molecule has 0 fully saturated rings. The van der Waals surface area contributed by atoms with Gasteiger partial charge < -0.3 is 44.0 Å². The smallest absolute Gasteiger partial charge is 0.326 e. The lowest BCUT2D eigenvalue weighted by atomic mass is 10.1. The summed E-state index contributed by atoms with van der Waals surface area (Å²) in [5.74, 6) is -4.69. The summed E-state index contributed by atoms with van der Waals surface area (Å²) in [7, 11) is 0. The number of nitrogens with two attached hydrogens (primary N) is 4. The Labute approximate surface area is 178 Å². The van der Waals surface area contributed by atoms with Gasteiger partial charge in [0.1, 0.15) is 12.1 Å². The van der Waals surface area contributed by atoms with Crippen LogP contribution in [0, 0.1) is 0 Å². The number of rotatable bonds is 14. The van der Waals surface area contributed by atoms with Crippen LogP contribution in [0.15, 0.2) is 4.99 Å². The molecule has 0 saturated heterocycles. The van der Waals surface area contributed by atoms with Crippen LogP contribution in [0.2, 0.25) is 0 Å². The van der Waals surface area contributed by atoms with Crippen molar-refractivity contribution in [2.75, 3.05) is 18.8 Å². The van der Waals surface area contributed by atoms with E-state index in [-0.39, 0.29) is 24.7 Å². The van der Waals surface area contributed by atoms with E-state index in [1.54, 1.807) is 0 Å². The first kappa shape index (κ1) is 26.9. The number of carboxylic acid groups (broad SMARTS) is 1. The third kappa shape index (κ3) is 11.7. The quantitative estimate of drug-likeness (QED) is 0.0534. The zero-order chi connectivity index (χ0) is 23.3. The van der Waals surface area contributed by atoms with Crippen molar-refractivity contribution in [2.45, 2.75) is 37.4 Å². The van der Waals surface area contributed by atoms with E-state index in [1.165, 1.54) is 0 Å². The number of hydrogen-bond donors (Lipinski definition) is 9. The van der Waals surface area contributed by atoms with E-state index in [2.05, 4.69) is 33.6 Å². The van der Waals surface area contributed by atoms with Crippen molar-refractivity contribution in [2.24, 2.45) is 27.9 Å². The fourth-order valence-corrected chi connectivity index (χ4v) is 2.23. The molecule has 3 unspecified atom stereocenters.